The molecule has 1 heterocycles. The molecular formula is C17H18BrNO2. The van der Waals surface area contributed by atoms with Crippen LogP contribution < -0.4 is 10.1 Å². The molecule has 0 unspecified atom stereocenters. The van der Waals surface area contributed by atoms with Gasteiger partial charge in [-0.05, 0) is 40.7 Å². The number of halogens is 1. The average Bonchev–Trinajstić information content (AvgIpc) is 2.52. The van der Waals surface area contributed by atoms with Gasteiger partial charge < -0.3 is 14.8 Å². The summed E-state index contributed by atoms with van der Waals surface area (Å²) < 4.78 is 13.2. The molecule has 3 rings (SSSR count). The van der Waals surface area contributed by atoms with Crippen LogP contribution in [0.15, 0.2) is 53.0 Å². The Morgan fingerprint density at radius 2 is 1.95 bits per heavy atom. The zero-order valence-corrected chi connectivity index (χ0v) is 13.5. The van der Waals surface area contributed by atoms with Crippen LogP contribution in [-0.2, 0) is 11.3 Å². The molecule has 3 nitrogen and oxygen atoms in total. The van der Waals surface area contributed by atoms with Crippen LogP contribution in [0.25, 0.3) is 0 Å². The molecule has 0 saturated carbocycles. The van der Waals surface area contributed by atoms with Crippen LogP contribution in [0.1, 0.15) is 17.2 Å². The van der Waals surface area contributed by atoms with E-state index in [0.29, 0.717) is 6.61 Å². The van der Waals surface area contributed by atoms with Crippen molar-refractivity contribution in [2.75, 3.05) is 13.6 Å². The van der Waals surface area contributed by atoms with Crippen LogP contribution in [-0.4, -0.2) is 19.7 Å². The van der Waals surface area contributed by atoms with Crippen LogP contribution in [0.2, 0.25) is 0 Å². The Labute approximate surface area is 133 Å². The van der Waals surface area contributed by atoms with Crippen molar-refractivity contribution in [1.29, 1.82) is 0 Å². The number of para-hydroxylation sites is 1. The van der Waals surface area contributed by atoms with Gasteiger partial charge in [-0.15, -0.1) is 0 Å². The maximum atomic E-state index is 6.27. The predicted octanol–water partition coefficient (Wildman–Crippen LogP) is 3.69. The molecule has 2 aromatic rings. The number of hydrogen-bond donors (Lipinski definition) is 1. The first kappa shape index (κ1) is 14.6. The third-order valence-electron chi connectivity index (χ3n) is 3.65. The minimum absolute atomic E-state index is 0.00277. The first-order valence-corrected chi connectivity index (χ1v) is 7.84. The maximum Gasteiger partial charge on any atom is 0.151 e. The summed E-state index contributed by atoms with van der Waals surface area (Å²) in [5, 5.41) is 3.18. The summed E-state index contributed by atoms with van der Waals surface area (Å²) in [6, 6.07) is 16.2. The van der Waals surface area contributed by atoms with Crippen molar-refractivity contribution in [3.05, 3.63) is 64.1 Å². The van der Waals surface area contributed by atoms with Crippen molar-refractivity contribution in [2.45, 2.75) is 18.8 Å². The topological polar surface area (TPSA) is 30.5 Å². The lowest BCUT2D eigenvalue weighted by Crippen LogP contribution is -2.38. The zero-order valence-electron chi connectivity index (χ0n) is 11.9. The predicted molar refractivity (Wildman–Crippen MR) is 86.5 cm³/mol. The van der Waals surface area contributed by atoms with Crippen molar-refractivity contribution >= 4 is 15.9 Å². The van der Waals surface area contributed by atoms with Gasteiger partial charge in [-0.2, -0.15) is 0 Å². The van der Waals surface area contributed by atoms with Gasteiger partial charge >= 0.3 is 0 Å². The van der Waals surface area contributed by atoms with Gasteiger partial charge in [0, 0.05) is 12.1 Å². The highest BCUT2D eigenvalue weighted by molar-refractivity contribution is 9.10. The Morgan fingerprint density at radius 3 is 2.76 bits per heavy atom. The molecule has 1 aliphatic rings. The average molecular weight is 348 g/mol. The van der Waals surface area contributed by atoms with E-state index < -0.39 is 0 Å². The first-order valence-electron chi connectivity index (χ1n) is 7.05. The summed E-state index contributed by atoms with van der Waals surface area (Å²) in [7, 11) is 1.93. The Kier molecular flexibility index (Phi) is 4.58. The number of likely N-dealkylation sites (N-methyl/N-ethyl adjacent to an activating group) is 1. The quantitative estimate of drug-likeness (QED) is 0.914. The van der Waals surface area contributed by atoms with Crippen LogP contribution in [0.4, 0.5) is 0 Å². The van der Waals surface area contributed by atoms with Crippen molar-refractivity contribution < 1.29 is 9.47 Å². The Morgan fingerprint density at radius 1 is 1.19 bits per heavy atom. The third kappa shape index (κ3) is 3.12. The van der Waals surface area contributed by atoms with E-state index in [-0.39, 0.29) is 12.2 Å². The van der Waals surface area contributed by atoms with Gasteiger partial charge in [0.2, 0.25) is 0 Å². The van der Waals surface area contributed by atoms with E-state index in [1.54, 1.807) is 0 Å². The van der Waals surface area contributed by atoms with E-state index in [0.717, 1.165) is 16.8 Å². The van der Waals surface area contributed by atoms with Gasteiger partial charge in [-0.1, -0.05) is 36.4 Å². The van der Waals surface area contributed by atoms with E-state index in [9.17, 15) is 0 Å². The van der Waals surface area contributed by atoms with Gasteiger partial charge in [-0.25, -0.2) is 0 Å². The fourth-order valence-corrected chi connectivity index (χ4v) is 2.99. The molecule has 110 valence electrons. The van der Waals surface area contributed by atoms with Crippen LogP contribution >= 0.6 is 15.9 Å². The van der Waals surface area contributed by atoms with E-state index in [4.69, 9.17) is 9.47 Å². The summed E-state index contributed by atoms with van der Waals surface area (Å²) in [5.74, 6) is 0.837. The molecule has 0 aliphatic carbocycles. The fraction of sp³-hybridized carbons (Fsp3) is 0.294. The molecular weight excluding hydrogens is 330 g/mol. The molecule has 0 bridgehead atoms. The SMILES string of the molecule is CNC[C@H]1OCc2ccccc2[C@H]1Oc1ccccc1Br. The van der Waals surface area contributed by atoms with Crippen molar-refractivity contribution in [3.8, 4) is 5.75 Å². The second-order valence-electron chi connectivity index (χ2n) is 5.07. The minimum Gasteiger partial charge on any atom is -0.482 e. The number of nitrogens with one attached hydrogen (secondary N) is 1. The molecule has 0 spiro atoms. The normalized spacial score (nSPS) is 20.9. The molecule has 0 fully saturated rings. The monoisotopic (exact) mass is 347 g/mol. The fourth-order valence-electron chi connectivity index (χ4n) is 2.61. The highest BCUT2D eigenvalue weighted by Crippen LogP contribution is 2.35. The maximum absolute atomic E-state index is 6.27. The molecule has 1 N–H and O–H groups in total. The van der Waals surface area contributed by atoms with Crippen molar-refractivity contribution in [2.24, 2.45) is 0 Å². The standard InChI is InChI=1S/C17H18BrNO2/c1-19-10-16-17(21-15-9-5-4-8-14(15)18)13-7-3-2-6-12(13)11-20-16/h2-9,16-17,19H,10-11H2,1H3/t16-,17-/m1/s1. The van der Waals surface area contributed by atoms with Crippen molar-refractivity contribution in [1.82, 2.24) is 5.32 Å². The molecule has 0 aromatic heterocycles. The molecule has 2 atom stereocenters. The lowest BCUT2D eigenvalue weighted by molar-refractivity contribution is -0.0499. The van der Waals surface area contributed by atoms with Gasteiger partial charge in [0.05, 0.1) is 11.1 Å². The first-order chi connectivity index (χ1) is 10.3. The van der Waals surface area contributed by atoms with E-state index in [2.05, 4.69) is 39.4 Å². The van der Waals surface area contributed by atoms with E-state index in [1.165, 1.54) is 11.1 Å². The Balaban J connectivity index is 1.93. The smallest absolute Gasteiger partial charge is 0.151 e. The molecule has 0 saturated heterocycles. The lowest BCUT2D eigenvalue weighted by atomic mass is 9.96. The van der Waals surface area contributed by atoms with Crippen molar-refractivity contribution in [3.63, 3.8) is 0 Å². The summed E-state index contributed by atoms with van der Waals surface area (Å²) in [6.45, 7) is 1.39. The molecule has 4 heteroatoms. The summed E-state index contributed by atoms with van der Waals surface area (Å²) in [6.07, 6.45) is -0.113. The summed E-state index contributed by atoms with van der Waals surface area (Å²) in [4.78, 5) is 0. The van der Waals surface area contributed by atoms with Crippen LogP contribution in [0.5, 0.6) is 5.75 Å². The summed E-state index contributed by atoms with van der Waals surface area (Å²) in [5.41, 5.74) is 2.40. The number of ether oxygens (including phenoxy) is 2. The van der Waals surface area contributed by atoms with Crippen LogP contribution in [0, 0.1) is 0 Å². The molecule has 1 aliphatic heterocycles. The minimum atomic E-state index is -0.110. The Hall–Kier alpha value is -1.36. The third-order valence-corrected chi connectivity index (χ3v) is 4.30. The second-order valence-corrected chi connectivity index (χ2v) is 5.93. The van der Waals surface area contributed by atoms with Gasteiger partial charge in [0.1, 0.15) is 11.9 Å². The molecule has 21 heavy (non-hydrogen) atoms. The van der Waals surface area contributed by atoms with Gasteiger partial charge in [-0.3, -0.25) is 0 Å². The second kappa shape index (κ2) is 6.60. The largest absolute Gasteiger partial charge is 0.482 e. The number of rotatable bonds is 4. The highest BCUT2D eigenvalue weighted by Gasteiger charge is 2.32. The number of hydrogen-bond acceptors (Lipinski definition) is 3. The molecule has 0 amide bonds. The molecule has 0 radical (unpaired) electrons. The summed E-state index contributed by atoms with van der Waals surface area (Å²) >= 11 is 3.54. The number of benzene rings is 2. The van der Waals surface area contributed by atoms with Crippen LogP contribution in [0.3, 0.4) is 0 Å². The van der Waals surface area contributed by atoms with E-state index in [1.807, 2.05) is 37.4 Å². The molecule has 2 aromatic carbocycles. The van der Waals surface area contributed by atoms with Gasteiger partial charge in [0.25, 0.3) is 0 Å². The highest BCUT2D eigenvalue weighted by atomic mass is 79.9. The number of fused-ring (bicyclic) bond motifs is 1. The Bertz CT molecular complexity index is 617. The lowest BCUT2D eigenvalue weighted by Gasteiger charge is -2.34. The van der Waals surface area contributed by atoms with E-state index >= 15 is 0 Å². The zero-order chi connectivity index (χ0) is 14.7. The van der Waals surface area contributed by atoms with Gasteiger partial charge in [0.15, 0.2) is 6.10 Å².